The number of hydrogen-bond donors (Lipinski definition) is 2. The molecule has 1 saturated carbocycles. The standard InChI is InChI=1S/C14H25NO3/c1-9(13(17)18)15-12(16)10-5-7-11(8-6-10)14(2,3)4/h9-11H,5-8H2,1-4H3,(H,15,16)(H,17,18). The molecule has 0 radical (unpaired) electrons. The third-order valence-corrected chi connectivity index (χ3v) is 4.05. The van der Waals surface area contributed by atoms with Gasteiger partial charge in [-0.1, -0.05) is 20.8 Å². The van der Waals surface area contributed by atoms with Gasteiger partial charge in [-0.2, -0.15) is 0 Å². The summed E-state index contributed by atoms with van der Waals surface area (Å²) in [7, 11) is 0. The third kappa shape index (κ3) is 4.00. The van der Waals surface area contributed by atoms with Crippen molar-refractivity contribution >= 4 is 11.9 Å². The van der Waals surface area contributed by atoms with Gasteiger partial charge in [-0.15, -0.1) is 0 Å². The number of hydrogen-bond acceptors (Lipinski definition) is 2. The van der Waals surface area contributed by atoms with E-state index in [0.29, 0.717) is 11.3 Å². The molecule has 0 bridgehead atoms. The Balaban J connectivity index is 2.43. The van der Waals surface area contributed by atoms with Crippen molar-refractivity contribution < 1.29 is 14.7 Å². The van der Waals surface area contributed by atoms with Crippen LogP contribution in [0.25, 0.3) is 0 Å². The van der Waals surface area contributed by atoms with Gasteiger partial charge in [-0.25, -0.2) is 0 Å². The number of carbonyl (C=O) groups is 2. The number of nitrogens with one attached hydrogen (secondary N) is 1. The molecule has 1 aliphatic rings. The van der Waals surface area contributed by atoms with Crippen molar-refractivity contribution in [1.82, 2.24) is 5.32 Å². The maximum Gasteiger partial charge on any atom is 0.325 e. The van der Waals surface area contributed by atoms with Gasteiger partial charge in [0.2, 0.25) is 5.91 Å². The molecule has 1 rings (SSSR count). The van der Waals surface area contributed by atoms with E-state index in [1.165, 1.54) is 6.92 Å². The second-order valence-electron chi connectivity index (χ2n) is 6.48. The van der Waals surface area contributed by atoms with Crippen molar-refractivity contribution in [3.05, 3.63) is 0 Å². The summed E-state index contributed by atoms with van der Waals surface area (Å²) in [5.74, 6) is -0.423. The molecule has 0 aromatic heterocycles. The van der Waals surface area contributed by atoms with E-state index in [4.69, 9.17) is 5.11 Å². The molecule has 1 aliphatic carbocycles. The van der Waals surface area contributed by atoms with E-state index in [2.05, 4.69) is 26.1 Å². The molecule has 1 atom stereocenters. The number of carbonyl (C=O) groups excluding carboxylic acids is 1. The minimum atomic E-state index is -0.980. The molecule has 4 heteroatoms. The maximum atomic E-state index is 11.9. The molecule has 1 amide bonds. The van der Waals surface area contributed by atoms with Gasteiger partial charge in [-0.3, -0.25) is 9.59 Å². The molecule has 1 fully saturated rings. The van der Waals surface area contributed by atoms with Gasteiger partial charge in [0, 0.05) is 5.92 Å². The van der Waals surface area contributed by atoms with Gasteiger partial charge in [0.15, 0.2) is 0 Å². The first-order valence-corrected chi connectivity index (χ1v) is 6.75. The van der Waals surface area contributed by atoms with Crippen molar-refractivity contribution in [2.24, 2.45) is 17.3 Å². The van der Waals surface area contributed by atoms with E-state index in [9.17, 15) is 9.59 Å². The lowest BCUT2D eigenvalue weighted by molar-refractivity contribution is -0.142. The van der Waals surface area contributed by atoms with Crippen LogP contribution < -0.4 is 5.32 Å². The third-order valence-electron chi connectivity index (χ3n) is 4.05. The fraction of sp³-hybridized carbons (Fsp3) is 0.857. The molecule has 0 spiro atoms. The highest BCUT2D eigenvalue weighted by molar-refractivity contribution is 5.84. The molecule has 2 N–H and O–H groups in total. The average Bonchev–Trinajstić information content (AvgIpc) is 2.27. The number of aliphatic carboxylic acids is 1. The molecule has 0 aliphatic heterocycles. The van der Waals surface area contributed by atoms with E-state index in [0.717, 1.165) is 25.7 Å². The highest BCUT2D eigenvalue weighted by Crippen LogP contribution is 2.39. The molecular weight excluding hydrogens is 230 g/mol. The summed E-state index contributed by atoms with van der Waals surface area (Å²) in [6.45, 7) is 8.22. The number of carboxylic acids is 1. The molecule has 0 heterocycles. The van der Waals surface area contributed by atoms with E-state index in [1.807, 2.05) is 0 Å². The SMILES string of the molecule is CC(NC(=O)C1CCC(C(C)(C)C)CC1)C(=O)O. The van der Waals surface area contributed by atoms with Crippen LogP contribution in [0.15, 0.2) is 0 Å². The summed E-state index contributed by atoms with van der Waals surface area (Å²) in [6, 6.07) is -0.794. The van der Waals surface area contributed by atoms with Crippen LogP contribution in [0.3, 0.4) is 0 Å². The van der Waals surface area contributed by atoms with E-state index >= 15 is 0 Å². The molecule has 1 unspecified atom stereocenters. The van der Waals surface area contributed by atoms with E-state index in [-0.39, 0.29) is 11.8 Å². The Hall–Kier alpha value is -1.06. The van der Waals surface area contributed by atoms with Gasteiger partial charge in [0.05, 0.1) is 0 Å². The zero-order chi connectivity index (χ0) is 13.9. The second-order valence-corrected chi connectivity index (χ2v) is 6.48. The zero-order valence-electron chi connectivity index (χ0n) is 11.8. The first-order valence-electron chi connectivity index (χ1n) is 6.75. The fourth-order valence-electron chi connectivity index (χ4n) is 2.61. The Labute approximate surface area is 109 Å². The lowest BCUT2D eigenvalue weighted by Crippen LogP contribution is -2.43. The van der Waals surface area contributed by atoms with Crippen LogP contribution in [0.2, 0.25) is 0 Å². The molecule has 0 saturated heterocycles. The first kappa shape index (κ1) is 15.0. The number of rotatable bonds is 3. The number of amides is 1. The van der Waals surface area contributed by atoms with Crippen molar-refractivity contribution in [2.75, 3.05) is 0 Å². The van der Waals surface area contributed by atoms with Crippen molar-refractivity contribution in [3.8, 4) is 0 Å². The van der Waals surface area contributed by atoms with E-state index < -0.39 is 12.0 Å². The lowest BCUT2D eigenvalue weighted by Gasteiger charge is -2.36. The number of carboxylic acid groups (broad SMARTS) is 1. The minimum Gasteiger partial charge on any atom is -0.480 e. The highest BCUT2D eigenvalue weighted by atomic mass is 16.4. The summed E-state index contributed by atoms with van der Waals surface area (Å²) >= 11 is 0. The summed E-state index contributed by atoms with van der Waals surface area (Å²) in [6.07, 6.45) is 3.87. The van der Waals surface area contributed by atoms with Crippen molar-refractivity contribution in [3.63, 3.8) is 0 Å². The summed E-state index contributed by atoms with van der Waals surface area (Å²) in [4.78, 5) is 22.6. The van der Waals surface area contributed by atoms with Crippen LogP contribution in [0.5, 0.6) is 0 Å². The topological polar surface area (TPSA) is 66.4 Å². The normalized spacial score (nSPS) is 26.4. The Morgan fingerprint density at radius 2 is 1.67 bits per heavy atom. The Bertz CT molecular complexity index is 311. The molecule has 4 nitrogen and oxygen atoms in total. The second kappa shape index (κ2) is 5.72. The van der Waals surface area contributed by atoms with Gasteiger partial charge in [0.25, 0.3) is 0 Å². The first-order chi connectivity index (χ1) is 8.21. The summed E-state index contributed by atoms with van der Waals surface area (Å²) in [5.41, 5.74) is 0.301. The van der Waals surface area contributed by atoms with Crippen LogP contribution >= 0.6 is 0 Å². The van der Waals surface area contributed by atoms with Crippen LogP contribution in [-0.2, 0) is 9.59 Å². The zero-order valence-corrected chi connectivity index (χ0v) is 11.8. The quantitative estimate of drug-likeness (QED) is 0.814. The Morgan fingerprint density at radius 3 is 2.06 bits per heavy atom. The Kier molecular flexibility index (Phi) is 4.77. The largest absolute Gasteiger partial charge is 0.480 e. The molecule has 18 heavy (non-hydrogen) atoms. The van der Waals surface area contributed by atoms with Gasteiger partial charge < -0.3 is 10.4 Å². The minimum absolute atomic E-state index is 0.00889. The maximum absolute atomic E-state index is 11.9. The molecule has 0 aromatic carbocycles. The summed E-state index contributed by atoms with van der Waals surface area (Å²) < 4.78 is 0. The van der Waals surface area contributed by atoms with Gasteiger partial charge in [-0.05, 0) is 43.9 Å². The van der Waals surface area contributed by atoms with Crippen LogP contribution in [-0.4, -0.2) is 23.0 Å². The van der Waals surface area contributed by atoms with Crippen LogP contribution in [0, 0.1) is 17.3 Å². The highest BCUT2D eigenvalue weighted by Gasteiger charge is 2.32. The van der Waals surface area contributed by atoms with Gasteiger partial charge >= 0.3 is 5.97 Å². The molecule has 0 aromatic rings. The monoisotopic (exact) mass is 255 g/mol. The van der Waals surface area contributed by atoms with Crippen LogP contribution in [0.1, 0.15) is 53.4 Å². The van der Waals surface area contributed by atoms with Crippen molar-refractivity contribution in [2.45, 2.75) is 59.4 Å². The van der Waals surface area contributed by atoms with E-state index in [1.54, 1.807) is 0 Å². The summed E-state index contributed by atoms with van der Waals surface area (Å²) in [5, 5.41) is 11.3. The van der Waals surface area contributed by atoms with Crippen LogP contribution in [0.4, 0.5) is 0 Å². The van der Waals surface area contributed by atoms with Gasteiger partial charge in [0.1, 0.15) is 6.04 Å². The predicted octanol–water partition coefficient (Wildman–Crippen LogP) is 2.43. The molecular formula is C14H25NO3. The lowest BCUT2D eigenvalue weighted by atomic mass is 9.69. The fourth-order valence-corrected chi connectivity index (χ4v) is 2.61. The average molecular weight is 255 g/mol. The smallest absolute Gasteiger partial charge is 0.325 e. The predicted molar refractivity (Wildman–Crippen MR) is 70.1 cm³/mol. The van der Waals surface area contributed by atoms with Crippen molar-refractivity contribution in [1.29, 1.82) is 0 Å². The molecule has 104 valence electrons. The Morgan fingerprint density at radius 1 is 1.17 bits per heavy atom.